The molecule has 0 saturated heterocycles. The molecule has 1 aliphatic heterocycles. The summed E-state index contributed by atoms with van der Waals surface area (Å²) in [5.74, 6) is -0.0435. The van der Waals surface area contributed by atoms with Gasteiger partial charge in [0.1, 0.15) is 0 Å². The molecule has 0 aliphatic carbocycles. The van der Waals surface area contributed by atoms with Crippen molar-refractivity contribution in [2.45, 2.75) is 12.8 Å². The number of amides is 1. The first-order chi connectivity index (χ1) is 9.74. The number of hydrogen-bond acceptors (Lipinski definition) is 2. The number of carbonyl (C=O) groups excluding carboxylic acids is 2. The van der Waals surface area contributed by atoms with Crippen LogP contribution in [0.5, 0.6) is 0 Å². The molecule has 2 aromatic rings. The summed E-state index contributed by atoms with van der Waals surface area (Å²) in [6, 6.07) is 15.1. The van der Waals surface area contributed by atoms with E-state index in [4.69, 9.17) is 0 Å². The zero-order chi connectivity index (χ0) is 13.9. The molecule has 1 aliphatic rings. The fourth-order valence-corrected chi connectivity index (χ4v) is 2.47. The highest BCUT2D eigenvalue weighted by Gasteiger charge is 2.18. The SMILES string of the molecule is O=C(Cc1ccccc1)c1ccc2c(c1)C(=O)NCC2. The highest BCUT2D eigenvalue weighted by Crippen LogP contribution is 2.17. The Hall–Kier alpha value is -2.42. The molecule has 0 bridgehead atoms. The van der Waals surface area contributed by atoms with E-state index in [1.54, 1.807) is 6.07 Å². The predicted molar refractivity (Wildman–Crippen MR) is 77.0 cm³/mol. The van der Waals surface area contributed by atoms with Crippen LogP contribution in [0, 0.1) is 0 Å². The molecule has 1 heterocycles. The van der Waals surface area contributed by atoms with Crippen molar-refractivity contribution in [1.82, 2.24) is 5.32 Å². The Kier molecular flexibility index (Phi) is 3.33. The van der Waals surface area contributed by atoms with Crippen molar-refractivity contribution in [1.29, 1.82) is 0 Å². The smallest absolute Gasteiger partial charge is 0.251 e. The Morgan fingerprint density at radius 1 is 1.10 bits per heavy atom. The summed E-state index contributed by atoms with van der Waals surface area (Å²) >= 11 is 0. The fourth-order valence-electron chi connectivity index (χ4n) is 2.47. The molecule has 0 atom stereocenters. The van der Waals surface area contributed by atoms with Crippen LogP contribution < -0.4 is 5.32 Å². The largest absolute Gasteiger partial charge is 0.352 e. The van der Waals surface area contributed by atoms with Gasteiger partial charge in [-0.05, 0) is 23.6 Å². The van der Waals surface area contributed by atoms with E-state index < -0.39 is 0 Å². The first-order valence-electron chi connectivity index (χ1n) is 6.72. The lowest BCUT2D eigenvalue weighted by atomic mass is 9.95. The lowest BCUT2D eigenvalue weighted by Crippen LogP contribution is -2.32. The van der Waals surface area contributed by atoms with Gasteiger partial charge in [-0.25, -0.2) is 0 Å². The molecule has 2 aromatic carbocycles. The van der Waals surface area contributed by atoms with E-state index in [2.05, 4.69) is 5.32 Å². The Labute approximate surface area is 117 Å². The molecular weight excluding hydrogens is 250 g/mol. The minimum atomic E-state index is -0.0828. The van der Waals surface area contributed by atoms with Gasteiger partial charge in [0.05, 0.1) is 0 Å². The average Bonchev–Trinajstić information content (AvgIpc) is 2.48. The summed E-state index contributed by atoms with van der Waals surface area (Å²) in [6.07, 6.45) is 1.19. The number of carbonyl (C=O) groups is 2. The lowest BCUT2D eigenvalue weighted by Gasteiger charge is -2.16. The van der Waals surface area contributed by atoms with Gasteiger partial charge in [0, 0.05) is 24.1 Å². The van der Waals surface area contributed by atoms with Crippen molar-refractivity contribution in [3.63, 3.8) is 0 Å². The Morgan fingerprint density at radius 3 is 2.70 bits per heavy atom. The van der Waals surface area contributed by atoms with Gasteiger partial charge in [-0.2, -0.15) is 0 Å². The first kappa shape index (κ1) is 12.6. The molecule has 1 amide bonds. The van der Waals surface area contributed by atoms with E-state index >= 15 is 0 Å². The molecule has 3 nitrogen and oxygen atoms in total. The Bertz CT molecular complexity index is 662. The molecule has 0 fully saturated rings. The molecule has 0 spiro atoms. The van der Waals surface area contributed by atoms with Crippen molar-refractivity contribution in [2.24, 2.45) is 0 Å². The van der Waals surface area contributed by atoms with Crippen LogP contribution in [-0.4, -0.2) is 18.2 Å². The summed E-state index contributed by atoms with van der Waals surface area (Å²) in [6.45, 7) is 0.670. The summed E-state index contributed by atoms with van der Waals surface area (Å²) in [5, 5.41) is 2.80. The van der Waals surface area contributed by atoms with Gasteiger partial charge in [-0.15, -0.1) is 0 Å². The number of ketones is 1. The number of benzene rings is 2. The van der Waals surface area contributed by atoms with Crippen LogP contribution in [0.25, 0.3) is 0 Å². The second-order valence-corrected chi connectivity index (χ2v) is 4.96. The predicted octanol–water partition coefficient (Wildman–Crippen LogP) is 2.40. The van der Waals surface area contributed by atoms with Gasteiger partial charge < -0.3 is 5.32 Å². The monoisotopic (exact) mass is 265 g/mol. The molecule has 0 aromatic heterocycles. The molecule has 0 radical (unpaired) electrons. The van der Waals surface area contributed by atoms with E-state index in [-0.39, 0.29) is 11.7 Å². The normalized spacial score (nSPS) is 13.5. The maximum Gasteiger partial charge on any atom is 0.251 e. The van der Waals surface area contributed by atoms with Gasteiger partial charge in [0.25, 0.3) is 5.91 Å². The molecule has 0 saturated carbocycles. The van der Waals surface area contributed by atoms with E-state index in [1.165, 1.54) is 0 Å². The van der Waals surface area contributed by atoms with Crippen LogP contribution in [0.2, 0.25) is 0 Å². The summed E-state index contributed by atoms with van der Waals surface area (Å²) in [4.78, 5) is 24.1. The average molecular weight is 265 g/mol. The summed E-state index contributed by atoms with van der Waals surface area (Å²) in [7, 11) is 0. The van der Waals surface area contributed by atoms with Crippen LogP contribution in [0.1, 0.15) is 31.8 Å². The second-order valence-electron chi connectivity index (χ2n) is 4.96. The van der Waals surface area contributed by atoms with E-state index in [0.29, 0.717) is 24.1 Å². The van der Waals surface area contributed by atoms with Crippen LogP contribution in [0.15, 0.2) is 48.5 Å². The number of nitrogens with one attached hydrogen (secondary N) is 1. The van der Waals surface area contributed by atoms with Crippen LogP contribution in [0.4, 0.5) is 0 Å². The zero-order valence-corrected chi connectivity index (χ0v) is 11.1. The molecule has 3 heteroatoms. The minimum absolute atomic E-state index is 0.0392. The highest BCUT2D eigenvalue weighted by atomic mass is 16.1. The van der Waals surface area contributed by atoms with Gasteiger partial charge in [0.2, 0.25) is 0 Å². The van der Waals surface area contributed by atoms with Gasteiger partial charge in [-0.3, -0.25) is 9.59 Å². The molecule has 0 unspecified atom stereocenters. The first-order valence-corrected chi connectivity index (χ1v) is 6.72. The van der Waals surface area contributed by atoms with E-state index in [1.807, 2.05) is 42.5 Å². The molecule has 20 heavy (non-hydrogen) atoms. The quantitative estimate of drug-likeness (QED) is 0.866. The summed E-state index contributed by atoms with van der Waals surface area (Å²) in [5.41, 5.74) is 3.24. The van der Waals surface area contributed by atoms with Crippen LogP contribution in [0.3, 0.4) is 0 Å². The van der Waals surface area contributed by atoms with Gasteiger partial charge >= 0.3 is 0 Å². The third kappa shape index (κ3) is 2.48. The second kappa shape index (κ2) is 5.29. The molecule has 1 N–H and O–H groups in total. The maximum atomic E-state index is 12.3. The molecule has 100 valence electrons. The van der Waals surface area contributed by atoms with Crippen LogP contribution in [-0.2, 0) is 12.8 Å². The Morgan fingerprint density at radius 2 is 1.90 bits per heavy atom. The number of rotatable bonds is 3. The van der Waals surface area contributed by atoms with Crippen molar-refractivity contribution < 1.29 is 9.59 Å². The zero-order valence-electron chi connectivity index (χ0n) is 11.1. The standard InChI is InChI=1S/C17H15NO2/c19-16(10-12-4-2-1-3-5-12)14-7-6-13-8-9-18-17(20)15(13)11-14/h1-7,11H,8-10H2,(H,18,20). The maximum absolute atomic E-state index is 12.3. The number of Topliss-reactive ketones (excluding diaryl/α,β-unsaturated/α-hetero) is 1. The minimum Gasteiger partial charge on any atom is -0.352 e. The summed E-state index contributed by atoms with van der Waals surface area (Å²) < 4.78 is 0. The van der Waals surface area contributed by atoms with E-state index in [0.717, 1.165) is 17.5 Å². The van der Waals surface area contributed by atoms with Gasteiger partial charge in [0.15, 0.2) is 5.78 Å². The third-order valence-electron chi connectivity index (χ3n) is 3.56. The fraction of sp³-hybridized carbons (Fsp3) is 0.176. The number of fused-ring (bicyclic) bond motifs is 1. The van der Waals surface area contributed by atoms with Crippen molar-refractivity contribution in [2.75, 3.05) is 6.54 Å². The lowest BCUT2D eigenvalue weighted by molar-refractivity contribution is 0.0946. The Balaban J connectivity index is 1.85. The number of hydrogen-bond donors (Lipinski definition) is 1. The molecule has 3 rings (SSSR count). The van der Waals surface area contributed by atoms with Crippen LogP contribution >= 0.6 is 0 Å². The van der Waals surface area contributed by atoms with Crippen molar-refractivity contribution in [3.8, 4) is 0 Å². The van der Waals surface area contributed by atoms with E-state index in [9.17, 15) is 9.59 Å². The topological polar surface area (TPSA) is 46.2 Å². The third-order valence-corrected chi connectivity index (χ3v) is 3.56. The highest BCUT2D eigenvalue weighted by molar-refractivity contribution is 6.02. The van der Waals surface area contributed by atoms with Gasteiger partial charge in [-0.1, -0.05) is 42.5 Å². The van der Waals surface area contributed by atoms with Crippen molar-refractivity contribution >= 4 is 11.7 Å². The molecular formula is C17H15NO2. The van der Waals surface area contributed by atoms with Crippen molar-refractivity contribution in [3.05, 3.63) is 70.8 Å².